The molecule has 1 fully saturated rings. The van der Waals surface area contributed by atoms with Crippen molar-refractivity contribution in [1.29, 1.82) is 0 Å². The van der Waals surface area contributed by atoms with E-state index in [0.717, 1.165) is 38.3 Å². The standard InChI is InChI=1S/C23H26N4O3/c1-29-21-10-6-5-9-19(21)22-17-20(25-30-22)23(28)24-11-12-26-13-15-27(16-14-26)18-7-3-2-4-8-18/h2-10,17H,11-16H2,1H3,(H,24,28). The Bertz CT molecular complexity index is 965. The molecule has 1 aliphatic rings. The van der Waals surface area contributed by atoms with Crippen LogP contribution in [-0.2, 0) is 0 Å². The summed E-state index contributed by atoms with van der Waals surface area (Å²) >= 11 is 0. The van der Waals surface area contributed by atoms with Gasteiger partial charge in [-0.15, -0.1) is 0 Å². The van der Waals surface area contributed by atoms with E-state index < -0.39 is 0 Å². The van der Waals surface area contributed by atoms with E-state index in [0.29, 0.717) is 18.1 Å². The SMILES string of the molecule is COc1ccccc1-c1cc(C(=O)NCCN2CCN(c3ccccc3)CC2)no1. The van der Waals surface area contributed by atoms with Crippen LogP contribution in [0.2, 0.25) is 0 Å². The maximum absolute atomic E-state index is 12.4. The van der Waals surface area contributed by atoms with Gasteiger partial charge in [0.25, 0.3) is 5.91 Å². The number of para-hydroxylation sites is 2. The lowest BCUT2D eigenvalue weighted by molar-refractivity contribution is 0.0939. The molecule has 0 saturated carbocycles. The van der Waals surface area contributed by atoms with Gasteiger partial charge >= 0.3 is 0 Å². The summed E-state index contributed by atoms with van der Waals surface area (Å²) in [5.74, 6) is 0.952. The van der Waals surface area contributed by atoms with Gasteiger partial charge in [0.1, 0.15) is 5.75 Å². The fourth-order valence-corrected chi connectivity index (χ4v) is 3.64. The maximum Gasteiger partial charge on any atom is 0.273 e. The number of benzene rings is 2. The maximum atomic E-state index is 12.4. The van der Waals surface area contributed by atoms with E-state index in [1.807, 2.05) is 30.3 Å². The first-order chi connectivity index (χ1) is 14.7. The first-order valence-electron chi connectivity index (χ1n) is 10.2. The van der Waals surface area contributed by atoms with Gasteiger partial charge < -0.3 is 19.5 Å². The van der Waals surface area contributed by atoms with E-state index in [2.05, 4.69) is 44.5 Å². The Labute approximate surface area is 176 Å². The largest absolute Gasteiger partial charge is 0.496 e. The number of nitrogens with zero attached hydrogens (tertiary/aromatic N) is 3. The van der Waals surface area contributed by atoms with Gasteiger partial charge in [0.15, 0.2) is 11.5 Å². The number of carbonyl (C=O) groups is 1. The molecule has 4 rings (SSSR count). The van der Waals surface area contributed by atoms with E-state index >= 15 is 0 Å². The molecule has 1 saturated heterocycles. The van der Waals surface area contributed by atoms with Crippen LogP contribution in [0.3, 0.4) is 0 Å². The summed E-state index contributed by atoms with van der Waals surface area (Å²) in [5.41, 5.74) is 2.30. The number of anilines is 1. The Morgan fingerprint density at radius 3 is 2.57 bits per heavy atom. The van der Waals surface area contributed by atoms with Gasteiger partial charge in [0.05, 0.1) is 12.7 Å². The van der Waals surface area contributed by atoms with Gasteiger partial charge in [-0.1, -0.05) is 35.5 Å². The van der Waals surface area contributed by atoms with Gasteiger partial charge in [-0.3, -0.25) is 9.69 Å². The quantitative estimate of drug-likeness (QED) is 0.651. The Hall–Kier alpha value is -3.32. The zero-order chi connectivity index (χ0) is 20.8. The summed E-state index contributed by atoms with van der Waals surface area (Å²) in [6.07, 6.45) is 0. The zero-order valence-electron chi connectivity index (χ0n) is 17.1. The summed E-state index contributed by atoms with van der Waals surface area (Å²) in [7, 11) is 1.60. The van der Waals surface area contributed by atoms with Crippen LogP contribution in [-0.4, -0.2) is 62.3 Å². The normalized spacial score (nSPS) is 14.5. The van der Waals surface area contributed by atoms with Crippen LogP contribution >= 0.6 is 0 Å². The van der Waals surface area contributed by atoms with E-state index in [1.54, 1.807) is 13.2 Å². The molecule has 7 heteroatoms. The molecule has 1 aliphatic heterocycles. The van der Waals surface area contributed by atoms with Crippen molar-refractivity contribution in [2.75, 3.05) is 51.3 Å². The second kappa shape index (κ2) is 9.45. The molecule has 1 N–H and O–H groups in total. The molecule has 7 nitrogen and oxygen atoms in total. The topological polar surface area (TPSA) is 70.8 Å². The number of rotatable bonds is 7. The molecule has 0 unspecified atom stereocenters. The molecular weight excluding hydrogens is 380 g/mol. The second-order valence-corrected chi connectivity index (χ2v) is 7.20. The number of aromatic nitrogens is 1. The molecule has 2 heterocycles. The van der Waals surface area contributed by atoms with E-state index in [-0.39, 0.29) is 11.6 Å². The Kier molecular flexibility index (Phi) is 6.29. The third-order valence-corrected chi connectivity index (χ3v) is 5.32. The average Bonchev–Trinajstić information content (AvgIpc) is 3.30. The minimum Gasteiger partial charge on any atom is -0.496 e. The van der Waals surface area contributed by atoms with Gasteiger partial charge in [-0.05, 0) is 24.3 Å². The van der Waals surface area contributed by atoms with Crippen molar-refractivity contribution in [1.82, 2.24) is 15.4 Å². The summed E-state index contributed by atoms with van der Waals surface area (Å²) < 4.78 is 10.7. The van der Waals surface area contributed by atoms with Crippen LogP contribution in [0, 0.1) is 0 Å². The first-order valence-corrected chi connectivity index (χ1v) is 10.2. The fraction of sp³-hybridized carbons (Fsp3) is 0.304. The second-order valence-electron chi connectivity index (χ2n) is 7.20. The Balaban J connectivity index is 1.25. The number of hydrogen-bond donors (Lipinski definition) is 1. The summed E-state index contributed by atoms with van der Waals surface area (Å²) in [6, 6.07) is 19.6. The van der Waals surface area contributed by atoms with Gasteiger partial charge in [-0.2, -0.15) is 0 Å². The molecular formula is C23H26N4O3. The predicted octanol–water partition coefficient (Wildman–Crippen LogP) is 2.90. The third-order valence-electron chi connectivity index (χ3n) is 5.32. The van der Waals surface area contributed by atoms with Crippen LogP contribution in [0.1, 0.15) is 10.5 Å². The van der Waals surface area contributed by atoms with Gasteiger partial charge in [0, 0.05) is 51.0 Å². The summed E-state index contributed by atoms with van der Waals surface area (Å²) in [4.78, 5) is 17.2. The smallest absolute Gasteiger partial charge is 0.273 e. The van der Waals surface area contributed by atoms with E-state index in [1.165, 1.54) is 5.69 Å². The Morgan fingerprint density at radius 1 is 1.07 bits per heavy atom. The van der Waals surface area contributed by atoms with E-state index in [4.69, 9.17) is 9.26 Å². The molecule has 0 atom stereocenters. The molecule has 156 valence electrons. The molecule has 3 aromatic rings. The number of amides is 1. The molecule has 1 aromatic heterocycles. The highest BCUT2D eigenvalue weighted by Crippen LogP contribution is 2.29. The number of nitrogens with one attached hydrogen (secondary N) is 1. The third kappa shape index (κ3) is 4.63. The summed E-state index contributed by atoms with van der Waals surface area (Å²) in [5, 5.41) is 6.85. The Morgan fingerprint density at radius 2 is 1.80 bits per heavy atom. The van der Waals surface area contributed by atoms with Crippen LogP contribution in [0.15, 0.2) is 65.2 Å². The minimum atomic E-state index is -0.234. The monoisotopic (exact) mass is 406 g/mol. The predicted molar refractivity (Wildman–Crippen MR) is 116 cm³/mol. The van der Waals surface area contributed by atoms with Gasteiger partial charge in [0.2, 0.25) is 0 Å². The summed E-state index contributed by atoms with van der Waals surface area (Å²) in [6.45, 7) is 5.32. The van der Waals surface area contributed by atoms with Crippen molar-refractivity contribution in [3.63, 3.8) is 0 Å². The van der Waals surface area contributed by atoms with Crippen LogP contribution < -0.4 is 15.0 Å². The fourth-order valence-electron chi connectivity index (χ4n) is 3.64. The molecule has 30 heavy (non-hydrogen) atoms. The van der Waals surface area contributed by atoms with E-state index in [9.17, 15) is 4.79 Å². The lowest BCUT2D eigenvalue weighted by atomic mass is 10.1. The molecule has 0 spiro atoms. The lowest BCUT2D eigenvalue weighted by Gasteiger charge is -2.36. The van der Waals surface area contributed by atoms with Gasteiger partial charge in [-0.25, -0.2) is 0 Å². The van der Waals surface area contributed by atoms with Crippen molar-refractivity contribution in [2.24, 2.45) is 0 Å². The van der Waals surface area contributed by atoms with Crippen molar-refractivity contribution < 1.29 is 14.1 Å². The number of carbonyl (C=O) groups excluding carboxylic acids is 1. The molecule has 2 aromatic carbocycles. The molecule has 0 bridgehead atoms. The number of ether oxygens (including phenoxy) is 1. The lowest BCUT2D eigenvalue weighted by Crippen LogP contribution is -2.48. The number of hydrogen-bond acceptors (Lipinski definition) is 6. The highest BCUT2D eigenvalue weighted by molar-refractivity contribution is 5.93. The average molecular weight is 406 g/mol. The number of piperazine rings is 1. The highest BCUT2D eigenvalue weighted by atomic mass is 16.5. The van der Waals surface area contributed by atoms with Crippen molar-refractivity contribution in [3.8, 4) is 17.1 Å². The zero-order valence-corrected chi connectivity index (χ0v) is 17.1. The van der Waals surface area contributed by atoms with Crippen molar-refractivity contribution in [3.05, 3.63) is 66.4 Å². The van der Waals surface area contributed by atoms with Crippen molar-refractivity contribution >= 4 is 11.6 Å². The highest BCUT2D eigenvalue weighted by Gasteiger charge is 2.18. The van der Waals surface area contributed by atoms with Crippen LogP contribution in [0.4, 0.5) is 5.69 Å². The molecule has 1 amide bonds. The molecule has 0 radical (unpaired) electrons. The van der Waals surface area contributed by atoms with Crippen molar-refractivity contribution in [2.45, 2.75) is 0 Å². The minimum absolute atomic E-state index is 0.234. The van der Waals surface area contributed by atoms with Crippen LogP contribution in [0.25, 0.3) is 11.3 Å². The number of methoxy groups -OCH3 is 1. The molecule has 0 aliphatic carbocycles. The first kappa shape index (κ1) is 20.0. The van der Waals surface area contributed by atoms with Crippen LogP contribution in [0.5, 0.6) is 5.75 Å².